The first-order valence-electron chi connectivity index (χ1n) is 9.90. The molecule has 0 spiro atoms. The van der Waals surface area contributed by atoms with E-state index in [4.69, 9.17) is 0 Å². The molecule has 2 aromatic carbocycles. The summed E-state index contributed by atoms with van der Waals surface area (Å²) in [5, 5.41) is 0.777. The van der Waals surface area contributed by atoms with Crippen molar-refractivity contribution in [3.8, 4) is 0 Å². The zero-order chi connectivity index (χ0) is 20.3. The Balaban J connectivity index is 1.91. The Kier molecular flexibility index (Phi) is 5.93. The van der Waals surface area contributed by atoms with Crippen LogP contribution in [0.4, 0.5) is 4.39 Å². The molecule has 0 bridgehead atoms. The molecule has 0 amide bonds. The number of hydrogen-bond donors (Lipinski definition) is 0. The van der Waals surface area contributed by atoms with Crippen LogP contribution in [0.5, 0.6) is 0 Å². The third kappa shape index (κ3) is 4.30. The number of benzene rings is 2. The standard InChI is InChI=1S/C25H28FNO/c1-17(2)14-25(4,15-19-9-6-5-7-10-19)23(28)13-20-16-27-24-21(18(20)3)11-8-12-22(24)26/h5-12,16-17H,13-15H2,1-4H3/t25-/m1/s1. The fourth-order valence-corrected chi connectivity index (χ4v) is 4.16. The van der Waals surface area contributed by atoms with Gasteiger partial charge in [0.15, 0.2) is 0 Å². The second-order valence-electron chi connectivity index (χ2n) is 8.47. The molecule has 0 aliphatic heterocycles. The number of aryl methyl sites for hydroxylation is 1. The Morgan fingerprint density at radius 1 is 1.11 bits per heavy atom. The maximum Gasteiger partial charge on any atom is 0.149 e. The van der Waals surface area contributed by atoms with E-state index in [1.54, 1.807) is 12.3 Å². The summed E-state index contributed by atoms with van der Waals surface area (Å²) in [6.07, 6.45) is 3.53. The molecule has 0 N–H and O–H groups in total. The number of Topliss-reactive ketones (excluding diaryl/α,β-unsaturated/α-hetero) is 1. The van der Waals surface area contributed by atoms with Gasteiger partial charge in [-0.3, -0.25) is 9.78 Å². The molecule has 0 aliphatic rings. The summed E-state index contributed by atoms with van der Waals surface area (Å²) < 4.78 is 14.0. The summed E-state index contributed by atoms with van der Waals surface area (Å²) in [5.74, 6) is 0.306. The van der Waals surface area contributed by atoms with Crippen LogP contribution in [0.15, 0.2) is 54.7 Å². The summed E-state index contributed by atoms with van der Waals surface area (Å²) >= 11 is 0. The first-order chi connectivity index (χ1) is 13.3. The van der Waals surface area contributed by atoms with Gasteiger partial charge in [-0.1, -0.05) is 63.2 Å². The highest BCUT2D eigenvalue weighted by molar-refractivity contribution is 5.89. The second-order valence-corrected chi connectivity index (χ2v) is 8.47. The van der Waals surface area contributed by atoms with E-state index < -0.39 is 5.41 Å². The third-order valence-electron chi connectivity index (χ3n) is 5.54. The van der Waals surface area contributed by atoms with Crippen molar-refractivity contribution in [3.63, 3.8) is 0 Å². The predicted molar refractivity (Wildman–Crippen MR) is 113 cm³/mol. The number of carbonyl (C=O) groups is 1. The van der Waals surface area contributed by atoms with Gasteiger partial charge >= 0.3 is 0 Å². The summed E-state index contributed by atoms with van der Waals surface area (Å²) in [7, 11) is 0. The van der Waals surface area contributed by atoms with Gasteiger partial charge in [-0.25, -0.2) is 4.39 Å². The van der Waals surface area contributed by atoms with Crippen LogP contribution >= 0.6 is 0 Å². The summed E-state index contributed by atoms with van der Waals surface area (Å²) in [5.41, 5.74) is 2.91. The Labute approximate surface area is 166 Å². The number of nitrogens with zero attached hydrogens (tertiary/aromatic N) is 1. The number of carbonyl (C=O) groups excluding carboxylic acids is 1. The van der Waals surface area contributed by atoms with Crippen LogP contribution in [0.1, 0.15) is 43.9 Å². The Bertz CT molecular complexity index is 981. The van der Waals surface area contributed by atoms with Gasteiger partial charge in [0, 0.05) is 23.4 Å². The molecule has 0 unspecified atom stereocenters. The van der Waals surface area contributed by atoms with Crippen molar-refractivity contribution in [2.75, 3.05) is 0 Å². The number of fused-ring (bicyclic) bond motifs is 1. The number of aromatic nitrogens is 1. The molecule has 1 heterocycles. The summed E-state index contributed by atoms with van der Waals surface area (Å²) in [4.78, 5) is 17.7. The number of hydrogen-bond acceptors (Lipinski definition) is 2. The first-order valence-corrected chi connectivity index (χ1v) is 9.90. The van der Waals surface area contributed by atoms with Gasteiger partial charge < -0.3 is 0 Å². The second kappa shape index (κ2) is 8.22. The molecule has 3 heteroatoms. The third-order valence-corrected chi connectivity index (χ3v) is 5.54. The number of ketones is 1. The topological polar surface area (TPSA) is 30.0 Å². The Morgan fingerprint density at radius 2 is 1.82 bits per heavy atom. The fourth-order valence-electron chi connectivity index (χ4n) is 4.16. The molecule has 28 heavy (non-hydrogen) atoms. The van der Waals surface area contributed by atoms with Crippen molar-refractivity contribution in [3.05, 3.63) is 77.2 Å². The number of rotatable bonds is 7. The number of pyridine rings is 1. The van der Waals surface area contributed by atoms with Crippen LogP contribution in [0.2, 0.25) is 0 Å². The lowest BCUT2D eigenvalue weighted by atomic mass is 9.72. The van der Waals surface area contributed by atoms with Gasteiger partial charge in [0.25, 0.3) is 0 Å². The molecule has 1 aromatic heterocycles. The van der Waals surface area contributed by atoms with E-state index in [9.17, 15) is 9.18 Å². The van der Waals surface area contributed by atoms with E-state index >= 15 is 0 Å². The molecule has 0 saturated heterocycles. The highest BCUT2D eigenvalue weighted by Crippen LogP contribution is 2.34. The Morgan fingerprint density at radius 3 is 2.50 bits per heavy atom. The lowest BCUT2D eigenvalue weighted by Crippen LogP contribution is -2.33. The largest absolute Gasteiger partial charge is 0.299 e. The van der Waals surface area contributed by atoms with Crippen molar-refractivity contribution in [2.45, 2.75) is 47.0 Å². The van der Waals surface area contributed by atoms with Gasteiger partial charge in [0.2, 0.25) is 0 Å². The van der Waals surface area contributed by atoms with E-state index in [0.29, 0.717) is 17.9 Å². The normalized spacial score (nSPS) is 13.6. The molecule has 0 aliphatic carbocycles. The minimum atomic E-state index is -0.446. The van der Waals surface area contributed by atoms with Gasteiger partial charge in [-0.2, -0.15) is 0 Å². The first kappa shape index (κ1) is 20.2. The molecule has 146 valence electrons. The number of halogens is 1. The fraction of sp³-hybridized carbons (Fsp3) is 0.360. The minimum absolute atomic E-state index is 0.214. The van der Waals surface area contributed by atoms with Crippen molar-refractivity contribution < 1.29 is 9.18 Å². The average Bonchev–Trinajstić information content (AvgIpc) is 2.64. The molecule has 1 atom stereocenters. The summed E-state index contributed by atoms with van der Waals surface area (Å²) in [6, 6.07) is 15.2. The van der Waals surface area contributed by atoms with E-state index in [-0.39, 0.29) is 11.6 Å². The monoisotopic (exact) mass is 377 g/mol. The minimum Gasteiger partial charge on any atom is -0.299 e. The number of para-hydroxylation sites is 1. The zero-order valence-corrected chi connectivity index (χ0v) is 17.1. The molecule has 3 rings (SSSR count). The van der Waals surface area contributed by atoms with Crippen LogP contribution in [0.3, 0.4) is 0 Å². The highest BCUT2D eigenvalue weighted by Gasteiger charge is 2.34. The smallest absolute Gasteiger partial charge is 0.149 e. The van der Waals surface area contributed by atoms with Crippen molar-refractivity contribution in [2.24, 2.45) is 11.3 Å². The quantitative estimate of drug-likeness (QED) is 0.499. The maximum absolute atomic E-state index is 14.0. The van der Waals surface area contributed by atoms with Crippen LogP contribution in [-0.4, -0.2) is 10.8 Å². The molecule has 3 aromatic rings. The van der Waals surface area contributed by atoms with Crippen LogP contribution in [0.25, 0.3) is 10.9 Å². The molecular weight excluding hydrogens is 349 g/mol. The lowest BCUT2D eigenvalue weighted by molar-refractivity contribution is -0.128. The van der Waals surface area contributed by atoms with E-state index in [1.165, 1.54) is 11.6 Å². The summed E-state index contributed by atoms with van der Waals surface area (Å²) in [6.45, 7) is 8.33. The van der Waals surface area contributed by atoms with Gasteiger partial charge in [0.1, 0.15) is 17.1 Å². The molecular formula is C25H28FNO. The maximum atomic E-state index is 14.0. The van der Waals surface area contributed by atoms with Crippen LogP contribution in [0, 0.1) is 24.1 Å². The zero-order valence-electron chi connectivity index (χ0n) is 17.1. The van der Waals surface area contributed by atoms with Gasteiger partial charge in [0.05, 0.1) is 0 Å². The van der Waals surface area contributed by atoms with Crippen LogP contribution in [-0.2, 0) is 17.6 Å². The Hall–Kier alpha value is -2.55. The van der Waals surface area contributed by atoms with Crippen LogP contribution < -0.4 is 0 Å². The predicted octanol–water partition coefficient (Wildman–Crippen LogP) is 6.09. The van der Waals surface area contributed by atoms with Gasteiger partial charge in [-0.15, -0.1) is 0 Å². The lowest BCUT2D eigenvalue weighted by Gasteiger charge is -2.30. The molecule has 0 radical (unpaired) electrons. The SMILES string of the molecule is Cc1c(CC(=O)[C@@](C)(Cc2ccccc2)CC(C)C)cnc2c(F)cccc12. The molecule has 0 fully saturated rings. The van der Waals surface area contributed by atoms with E-state index in [0.717, 1.165) is 29.4 Å². The molecule has 2 nitrogen and oxygen atoms in total. The van der Waals surface area contributed by atoms with Crippen molar-refractivity contribution >= 4 is 16.7 Å². The van der Waals surface area contributed by atoms with Gasteiger partial charge in [-0.05, 0) is 48.4 Å². The average molecular weight is 378 g/mol. The van der Waals surface area contributed by atoms with E-state index in [1.807, 2.05) is 31.2 Å². The van der Waals surface area contributed by atoms with Crippen molar-refractivity contribution in [1.82, 2.24) is 4.98 Å². The highest BCUT2D eigenvalue weighted by atomic mass is 19.1. The van der Waals surface area contributed by atoms with E-state index in [2.05, 4.69) is 37.9 Å². The molecule has 0 saturated carbocycles. The van der Waals surface area contributed by atoms with Crippen molar-refractivity contribution in [1.29, 1.82) is 0 Å².